The number of aryl methyl sites for hydroxylation is 2. The second-order valence-electron chi connectivity index (χ2n) is 8.72. The maximum Gasteiger partial charge on any atom is 0.332 e. The monoisotopic (exact) mass is 437 g/mol. The topological polar surface area (TPSA) is 64.3 Å². The van der Waals surface area contributed by atoms with Crippen molar-refractivity contribution in [1.29, 1.82) is 0 Å². The van der Waals surface area contributed by atoms with Crippen molar-refractivity contribution in [1.82, 2.24) is 14.0 Å². The molecule has 0 radical (unpaired) electrons. The van der Waals surface area contributed by atoms with E-state index in [1.54, 1.807) is 4.57 Å². The minimum Gasteiger partial charge on any atom is -0.338 e. The number of hydrogen-bond donors (Lipinski definition) is 0. The summed E-state index contributed by atoms with van der Waals surface area (Å²) in [5.74, 6) is -0.0333. The lowest BCUT2D eigenvalue weighted by molar-refractivity contribution is -0.135. The third-order valence-electron chi connectivity index (χ3n) is 6.67. The number of nitrogens with zero attached hydrogens (tertiary/aromatic N) is 3. The molecular weight excluding hydrogens is 410 g/mol. The molecule has 5 rings (SSSR count). The van der Waals surface area contributed by atoms with Gasteiger partial charge in [-0.05, 0) is 56.6 Å². The first kappa shape index (κ1) is 20.2. The number of hydrogen-bond acceptors (Lipinski definition) is 4. The Kier molecular flexibility index (Phi) is 5.30. The van der Waals surface area contributed by atoms with E-state index in [4.69, 9.17) is 0 Å². The van der Waals surface area contributed by atoms with Crippen LogP contribution in [-0.4, -0.2) is 32.5 Å². The van der Waals surface area contributed by atoms with Crippen LogP contribution < -0.4 is 11.2 Å². The number of carbonyl (C=O) groups is 1. The van der Waals surface area contributed by atoms with Gasteiger partial charge in [0.1, 0.15) is 11.4 Å². The number of benzene rings is 1. The molecule has 1 aliphatic heterocycles. The lowest BCUT2D eigenvalue weighted by Crippen LogP contribution is -2.47. The quantitative estimate of drug-likeness (QED) is 0.630. The van der Waals surface area contributed by atoms with Crippen LogP contribution in [0.5, 0.6) is 0 Å². The predicted octanol–water partition coefficient (Wildman–Crippen LogP) is 3.16. The lowest BCUT2D eigenvalue weighted by atomic mass is 10.0. The molecule has 0 spiro atoms. The number of amides is 1. The zero-order valence-electron chi connectivity index (χ0n) is 17.8. The van der Waals surface area contributed by atoms with Gasteiger partial charge < -0.3 is 4.90 Å². The van der Waals surface area contributed by atoms with E-state index in [1.807, 2.05) is 35.2 Å². The van der Waals surface area contributed by atoms with Gasteiger partial charge in [0, 0.05) is 17.5 Å². The fourth-order valence-electron chi connectivity index (χ4n) is 4.99. The van der Waals surface area contributed by atoms with Crippen molar-refractivity contribution < 1.29 is 4.79 Å². The van der Waals surface area contributed by atoms with Gasteiger partial charge in [0.15, 0.2) is 0 Å². The van der Waals surface area contributed by atoms with Crippen molar-refractivity contribution in [3.63, 3.8) is 0 Å². The van der Waals surface area contributed by atoms with E-state index in [9.17, 15) is 14.4 Å². The summed E-state index contributed by atoms with van der Waals surface area (Å²) in [6.45, 7) is 3.02. The molecule has 3 heterocycles. The van der Waals surface area contributed by atoms with Gasteiger partial charge in [-0.1, -0.05) is 30.3 Å². The van der Waals surface area contributed by atoms with E-state index >= 15 is 0 Å². The van der Waals surface area contributed by atoms with Gasteiger partial charge in [0.05, 0.1) is 11.9 Å². The van der Waals surface area contributed by atoms with E-state index in [2.05, 4.69) is 6.92 Å². The first-order chi connectivity index (χ1) is 15.0. The van der Waals surface area contributed by atoms with Crippen molar-refractivity contribution >= 4 is 27.5 Å². The van der Waals surface area contributed by atoms with Crippen LogP contribution in [0.25, 0.3) is 10.2 Å². The molecule has 1 saturated heterocycles. The van der Waals surface area contributed by atoms with Crippen LogP contribution in [0.15, 0.2) is 39.9 Å². The van der Waals surface area contributed by atoms with Gasteiger partial charge in [0.2, 0.25) is 5.91 Å². The molecule has 1 unspecified atom stereocenters. The first-order valence-corrected chi connectivity index (χ1v) is 12.0. The Morgan fingerprint density at radius 2 is 1.87 bits per heavy atom. The molecule has 0 N–H and O–H groups in total. The highest BCUT2D eigenvalue weighted by atomic mass is 32.1. The minimum absolute atomic E-state index is 0.00582. The highest BCUT2D eigenvalue weighted by molar-refractivity contribution is 7.19. The Bertz CT molecular complexity index is 1260. The number of thiophene rings is 1. The second kappa shape index (κ2) is 8.11. The molecular formula is C24H27N3O3S. The largest absolute Gasteiger partial charge is 0.338 e. The van der Waals surface area contributed by atoms with Gasteiger partial charge >= 0.3 is 5.69 Å². The average Bonchev–Trinajstić information content (AvgIpc) is 3.36. The Hall–Kier alpha value is -2.67. The van der Waals surface area contributed by atoms with Gasteiger partial charge in [0.25, 0.3) is 5.56 Å². The summed E-state index contributed by atoms with van der Waals surface area (Å²) < 4.78 is 2.88. The Morgan fingerprint density at radius 3 is 2.65 bits per heavy atom. The number of fused-ring (bicyclic) bond motifs is 3. The number of likely N-dealkylation sites (tertiary alicyclic amines) is 1. The van der Waals surface area contributed by atoms with Crippen molar-refractivity contribution in [3.8, 4) is 0 Å². The van der Waals surface area contributed by atoms with Gasteiger partial charge in [-0.2, -0.15) is 0 Å². The van der Waals surface area contributed by atoms with Crippen molar-refractivity contribution in [3.05, 3.63) is 67.2 Å². The third kappa shape index (κ3) is 3.55. The Balaban J connectivity index is 1.63. The predicted molar refractivity (Wildman–Crippen MR) is 123 cm³/mol. The normalized spacial score (nSPS) is 18.5. The summed E-state index contributed by atoms with van der Waals surface area (Å²) in [4.78, 5) is 43.9. The summed E-state index contributed by atoms with van der Waals surface area (Å²) in [6, 6.07) is 9.74. The van der Waals surface area contributed by atoms with E-state index in [0.29, 0.717) is 10.2 Å². The summed E-state index contributed by atoms with van der Waals surface area (Å²) in [5, 5.41) is 0.646. The highest BCUT2D eigenvalue weighted by Gasteiger charge is 2.28. The van der Waals surface area contributed by atoms with Crippen molar-refractivity contribution in [2.75, 3.05) is 6.54 Å². The molecule has 0 saturated carbocycles. The molecule has 7 heteroatoms. The van der Waals surface area contributed by atoms with Gasteiger partial charge in [-0.3, -0.25) is 18.7 Å². The van der Waals surface area contributed by atoms with E-state index < -0.39 is 0 Å². The summed E-state index contributed by atoms with van der Waals surface area (Å²) in [7, 11) is 0. The molecule has 162 valence electrons. The van der Waals surface area contributed by atoms with E-state index in [1.165, 1.54) is 20.8 Å². The van der Waals surface area contributed by atoms with Crippen LogP contribution >= 0.6 is 11.3 Å². The van der Waals surface area contributed by atoms with E-state index in [-0.39, 0.29) is 36.3 Å². The second-order valence-corrected chi connectivity index (χ2v) is 9.80. The number of rotatable bonds is 4. The summed E-state index contributed by atoms with van der Waals surface area (Å²) in [6.07, 6.45) is 5.98. The molecule has 2 aromatic heterocycles. The van der Waals surface area contributed by atoms with Gasteiger partial charge in [-0.25, -0.2) is 4.79 Å². The maximum absolute atomic E-state index is 13.5. The SMILES string of the molecule is CC1CCCCN1C(=O)Cn1c(=O)n(Cc2ccccc2)c(=O)c2c3c(sc21)CCC3. The molecule has 2 aliphatic rings. The van der Waals surface area contributed by atoms with Crippen LogP contribution in [0.3, 0.4) is 0 Å². The zero-order valence-corrected chi connectivity index (χ0v) is 18.6. The number of aromatic nitrogens is 2. The van der Waals surface area contributed by atoms with Crippen molar-refractivity contribution in [2.45, 2.75) is 64.6 Å². The summed E-state index contributed by atoms with van der Waals surface area (Å²) >= 11 is 1.52. The molecule has 1 fully saturated rings. The average molecular weight is 438 g/mol. The molecule has 31 heavy (non-hydrogen) atoms. The fourth-order valence-corrected chi connectivity index (χ4v) is 6.37. The Labute approximate surface area is 184 Å². The fraction of sp³-hybridized carbons (Fsp3) is 0.458. The molecule has 3 aromatic rings. The minimum atomic E-state index is -0.390. The number of carbonyl (C=O) groups excluding carboxylic acids is 1. The first-order valence-electron chi connectivity index (χ1n) is 11.2. The highest BCUT2D eigenvalue weighted by Crippen LogP contribution is 2.35. The molecule has 1 atom stereocenters. The molecule has 1 amide bonds. The van der Waals surface area contributed by atoms with Gasteiger partial charge in [-0.15, -0.1) is 11.3 Å². The summed E-state index contributed by atoms with van der Waals surface area (Å²) in [5.41, 5.74) is 1.37. The molecule has 6 nitrogen and oxygen atoms in total. The third-order valence-corrected chi connectivity index (χ3v) is 7.98. The standard InChI is InChI=1S/C24H27N3O3S/c1-16-8-5-6-13-25(16)20(28)15-27-23-21(18-11-7-12-19(18)31-23)22(29)26(24(27)30)14-17-9-3-2-4-10-17/h2-4,9-10,16H,5-8,11-15H2,1H3. The molecule has 1 aromatic carbocycles. The maximum atomic E-state index is 13.5. The molecule has 1 aliphatic carbocycles. The van der Waals surface area contributed by atoms with Crippen LogP contribution in [0.1, 0.15) is 48.6 Å². The van der Waals surface area contributed by atoms with Crippen molar-refractivity contribution in [2.24, 2.45) is 0 Å². The van der Waals surface area contributed by atoms with Crippen LogP contribution in [-0.2, 0) is 30.7 Å². The Morgan fingerprint density at radius 1 is 1.06 bits per heavy atom. The lowest BCUT2D eigenvalue weighted by Gasteiger charge is -2.33. The molecule has 0 bridgehead atoms. The zero-order chi connectivity index (χ0) is 21.5. The van der Waals surface area contributed by atoms with Crippen LogP contribution in [0, 0.1) is 0 Å². The van der Waals surface area contributed by atoms with Crippen LogP contribution in [0.2, 0.25) is 0 Å². The smallest absolute Gasteiger partial charge is 0.332 e. The van der Waals surface area contributed by atoms with E-state index in [0.717, 1.165) is 56.2 Å². The number of piperidine rings is 1. The van der Waals surface area contributed by atoms with Crippen LogP contribution in [0.4, 0.5) is 0 Å².